The Balaban J connectivity index is 1.86. The van der Waals surface area contributed by atoms with Gasteiger partial charge in [-0.2, -0.15) is 15.0 Å². The van der Waals surface area contributed by atoms with Crippen molar-refractivity contribution in [2.45, 2.75) is 39.0 Å². The summed E-state index contributed by atoms with van der Waals surface area (Å²) in [5, 5.41) is 3.32. The maximum absolute atomic E-state index is 5.84. The third kappa shape index (κ3) is 4.67. The molecule has 1 aromatic heterocycles. The number of rotatable bonds is 7. The number of hydrogen-bond acceptors (Lipinski definition) is 5. The fourth-order valence-electron chi connectivity index (χ4n) is 1.97. The highest BCUT2D eigenvalue weighted by molar-refractivity contribution is 6.28. The fraction of sp³-hybridized carbons (Fsp3) is 0.615. The molecule has 0 bridgehead atoms. The predicted molar refractivity (Wildman–Crippen MR) is 75.7 cm³/mol. The second-order valence-corrected chi connectivity index (χ2v) is 4.83. The van der Waals surface area contributed by atoms with Gasteiger partial charge in [-0.25, -0.2) is 0 Å². The second-order valence-electron chi connectivity index (χ2n) is 4.49. The van der Waals surface area contributed by atoms with Crippen LogP contribution in [0, 0.1) is 0 Å². The molecule has 1 N–H and O–H groups in total. The molecule has 0 atom stereocenters. The molecule has 0 fully saturated rings. The van der Waals surface area contributed by atoms with E-state index < -0.39 is 0 Å². The van der Waals surface area contributed by atoms with Gasteiger partial charge < -0.3 is 10.1 Å². The summed E-state index contributed by atoms with van der Waals surface area (Å²) in [7, 11) is 0. The Morgan fingerprint density at radius 1 is 1.37 bits per heavy atom. The van der Waals surface area contributed by atoms with Crippen molar-refractivity contribution >= 4 is 17.5 Å². The molecule has 0 spiro atoms. The quantitative estimate of drug-likeness (QED) is 0.778. The van der Waals surface area contributed by atoms with Gasteiger partial charge >= 0.3 is 6.01 Å². The van der Waals surface area contributed by atoms with Gasteiger partial charge in [0.25, 0.3) is 0 Å². The molecular formula is C13H19ClN4O. The first-order chi connectivity index (χ1) is 9.28. The first kappa shape index (κ1) is 14.1. The summed E-state index contributed by atoms with van der Waals surface area (Å²) in [5.41, 5.74) is 1.51. The Kier molecular flexibility index (Phi) is 5.39. The minimum absolute atomic E-state index is 0.156. The lowest BCUT2D eigenvalue weighted by molar-refractivity contribution is 0.291. The molecule has 5 nitrogen and oxygen atoms in total. The van der Waals surface area contributed by atoms with Crippen LogP contribution in [0.3, 0.4) is 0 Å². The highest BCUT2D eigenvalue weighted by Gasteiger charge is 2.07. The monoisotopic (exact) mass is 282 g/mol. The number of nitrogens with one attached hydrogen (secondary N) is 1. The lowest BCUT2D eigenvalue weighted by Crippen LogP contribution is -2.09. The molecule has 1 aliphatic carbocycles. The molecule has 0 aliphatic heterocycles. The summed E-state index contributed by atoms with van der Waals surface area (Å²) in [6, 6.07) is 0.282. The molecule has 104 valence electrons. The third-order valence-electron chi connectivity index (χ3n) is 2.89. The van der Waals surface area contributed by atoms with E-state index in [1.54, 1.807) is 0 Å². The van der Waals surface area contributed by atoms with Crippen LogP contribution >= 0.6 is 11.6 Å². The minimum Gasteiger partial charge on any atom is -0.463 e. The summed E-state index contributed by atoms with van der Waals surface area (Å²) >= 11 is 5.84. The number of nitrogens with zero attached hydrogens (tertiary/aromatic N) is 3. The summed E-state index contributed by atoms with van der Waals surface area (Å²) in [5.74, 6) is 0.477. The summed E-state index contributed by atoms with van der Waals surface area (Å²) in [6.07, 6.45) is 7.95. The van der Waals surface area contributed by atoms with E-state index in [0.29, 0.717) is 12.6 Å². The third-order valence-corrected chi connectivity index (χ3v) is 3.06. The van der Waals surface area contributed by atoms with Crippen LogP contribution in [0.1, 0.15) is 39.0 Å². The summed E-state index contributed by atoms with van der Waals surface area (Å²) in [4.78, 5) is 12.1. The number of allylic oxidation sites excluding steroid dienone is 1. The molecule has 0 unspecified atom stereocenters. The highest BCUT2D eigenvalue weighted by atomic mass is 35.5. The Bertz CT molecular complexity index is 450. The van der Waals surface area contributed by atoms with Gasteiger partial charge in [-0.05, 0) is 43.7 Å². The van der Waals surface area contributed by atoms with Crippen molar-refractivity contribution in [3.05, 3.63) is 16.9 Å². The Labute approximate surface area is 118 Å². The van der Waals surface area contributed by atoms with E-state index in [4.69, 9.17) is 16.3 Å². The van der Waals surface area contributed by atoms with Gasteiger partial charge in [-0.1, -0.05) is 18.6 Å². The topological polar surface area (TPSA) is 59.9 Å². The molecule has 0 saturated carbocycles. The van der Waals surface area contributed by atoms with E-state index in [1.165, 1.54) is 24.8 Å². The van der Waals surface area contributed by atoms with E-state index in [0.717, 1.165) is 19.4 Å². The van der Waals surface area contributed by atoms with Crippen molar-refractivity contribution in [3.8, 4) is 6.01 Å². The lowest BCUT2D eigenvalue weighted by atomic mass is 10.2. The standard InChI is InChI=1S/C13H19ClN4O/c1-2-9-19-13-17-11(14)16-12(18-13)15-8-7-10-5-3-4-6-10/h5H,2-4,6-9H2,1H3,(H,15,16,17,18). The Hall–Kier alpha value is -1.36. The molecule has 0 radical (unpaired) electrons. The van der Waals surface area contributed by atoms with Crippen LogP contribution in [0.25, 0.3) is 0 Å². The van der Waals surface area contributed by atoms with Crippen LogP contribution in [0.2, 0.25) is 5.28 Å². The first-order valence-corrected chi connectivity index (χ1v) is 7.12. The Morgan fingerprint density at radius 2 is 2.26 bits per heavy atom. The van der Waals surface area contributed by atoms with Crippen LogP contribution < -0.4 is 10.1 Å². The van der Waals surface area contributed by atoms with E-state index >= 15 is 0 Å². The van der Waals surface area contributed by atoms with E-state index in [9.17, 15) is 0 Å². The van der Waals surface area contributed by atoms with Crippen LogP contribution in [0.15, 0.2) is 11.6 Å². The van der Waals surface area contributed by atoms with Gasteiger partial charge in [0, 0.05) is 6.54 Å². The minimum atomic E-state index is 0.156. The number of halogens is 1. The van der Waals surface area contributed by atoms with Crippen LogP contribution in [-0.4, -0.2) is 28.1 Å². The maximum atomic E-state index is 5.84. The lowest BCUT2D eigenvalue weighted by Gasteiger charge is -2.07. The van der Waals surface area contributed by atoms with Crippen molar-refractivity contribution in [2.24, 2.45) is 0 Å². The van der Waals surface area contributed by atoms with Crippen molar-refractivity contribution in [2.75, 3.05) is 18.5 Å². The van der Waals surface area contributed by atoms with Crippen molar-refractivity contribution < 1.29 is 4.74 Å². The van der Waals surface area contributed by atoms with Gasteiger partial charge in [0.15, 0.2) is 0 Å². The fourth-order valence-corrected chi connectivity index (χ4v) is 2.12. The van der Waals surface area contributed by atoms with E-state index in [2.05, 4.69) is 26.3 Å². The molecule has 1 aliphatic rings. The van der Waals surface area contributed by atoms with Gasteiger partial charge in [0.2, 0.25) is 11.2 Å². The smallest absolute Gasteiger partial charge is 0.322 e. The van der Waals surface area contributed by atoms with Gasteiger partial charge in [0.05, 0.1) is 6.61 Å². The number of hydrogen-bond donors (Lipinski definition) is 1. The van der Waals surface area contributed by atoms with E-state index in [-0.39, 0.29) is 11.3 Å². The number of aromatic nitrogens is 3. The van der Waals surface area contributed by atoms with Crippen LogP contribution in [0.5, 0.6) is 6.01 Å². The maximum Gasteiger partial charge on any atom is 0.322 e. The normalized spacial score (nSPS) is 14.3. The van der Waals surface area contributed by atoms with Gasteiger partial charge in [-0.3, -0.25) is 0 Å². The molecule has 1 aromatic rings. The largest absolute Gasteiger partial charge is 0.463 e. The van der Waals surface area contributed by atoms with E-state index in [1.807, 2.05) is 6.92 Å². The molecular weight excluding hydrogens is 264 g/mol. The molecule has 0 saturated heterocycles. The Morgan fingerprint density at radius 3 is 3.00 bits per heavy atom. The second kappa shape index (κ2) is 7.28. The van der Waals surface area contributed by atoms with Gasteiger partial charge in [0.1, 0.15) is 0 Å². The average molecular weight is 283 g/mol. The first-order valence-electron chi connectivity index (χ1n) is 6.74. The molecule has 0 aromatic carbocycles. The van der Waals surface area contributed by atoms with Gasteiger partial charge in [-0.15, -0.1) is 0 Å². The molecule has 0 amide bonds. The zero-order valence-electron chi connectivity index (χ0n) is 11.2. The zero-order valence-corrected chi connectivity index (χ0v) is 11.9. The van der Waals surface area contributed by atoms with Crippen molar-refractivity contribution in [1.82, 2.24) is 15.0 Å². The highest BCUT2D eigenvalue weighted by Crippen LogP contribution is 2.20. The number of anilines is 1. The molecule has 1 heterocycles. The molecule has 19 heavy (non-hydrogen) atoms. The van der Waals surface area contributed by atoms with Crippen molar-refractivity contribution in [3.63, 3.8) is 0 Å². The zero-order chi connectivity index (χ0) is 13.5. The van der Waals surface area contributed by atoms with Crippen molar-refractivity contribution in [1.29, 1.82) is 0 Å². The number of ether oxygens (including phenoxy) is 1. The predicted octanol–water partition coefficient (Wildman–Crippen LogP) is 3.23. The van der Waals surface area contributed by atoms with Crippen LogP contribution in [-0.2, 0) is 0 Å². The SMILES string of the molecule is CCCOc1nc(Cl)nc(NCCC2=CCCC2)n1. The summed E-state index contributed by atoms with van der Waals surface area (Å²) in [6.45, 7) is 3.41. The summed E-state index contributed by atoms with van der Waals surface area (Å²) < 4.78 is 5.36. The van der Waals surface area contributed by atoms with Crippen LogP contribution in [0.4, 0.5) is 5.95 Å². The molecule has 6 heteroatoms. The molecule has 2 rings (SSSR count). The average Bonchev–Trinajstić information content (AvgIpc) is 2.89.